The second-order valence-corrected chi connectivity index (χ2v) is 7.61. The second kappa shape index (κ2) is 8.15. The van der Waals surface area contributed by atoms with Crippen molar-refractivity contribution in [1.82, 2.24) is 9.55 Å². The van der Waals surface area contributed by atoms with Crippen molar-refractivity contribution in [3.8, 4) is 5.69 Å². The highest BCUT2D eigenvalue weighted by Gasteiger charge is 2.17. The van der Waals surface area contributed by atoms with Gasteiger partial charge in [0.2, 0.25) is 0 Å². The Bertz CT molecular complexity index is 1060. The van der Waals surface area contributed by atoms with Gasteiger partial charge in [-0.2, -0.15) is 0 Å². The zero-order valence-electron chi connectivity index (χ0n) is 15.2. The van der Waals surface area contributed by atoms with Gasteiger partial charge in [-0.25, -0.2) is 4.98 Å². The summed E-state index contributed by atoms with van der Waals surface area (Å²) in [5.74, 6) is -0.297. The molecule has 0 fully saturated rings. The molecule has 1 aromatic heterocycles. The number of rotatable bonds is 5. The number of carbonyl (C=O) groups is 1. The molecular weight excluding hydrogens is 384 g/mol. The van der Waals surface area contributed by atoms with Crippen LogP contribution in [-0.2, 0) is 9.53 Å². The number of halogens is 1. The van der Waals surface area contributed by atoms with Gasteiger partial charge in [-0.05, 0) is 50.6 Å². The summed E-state index contributed by atoms with van der Waals surface area (Å²) in [5.41, 5.74) is 1.79. The quantitative estimate of drug-likeness (QED) is 0.360. The molecule has 0 saturated carbocycles. The molecule has 0 unspecified atom stereocenters. The molecule has 0 radical (unpaired) electrons. The van der Waals surface area contributed by atoms with Crippen molar-refractivity contribution >= 4 is 40.2 Å². The average molecular weight is 403 g/mol. The molecule has 0 amide bonds. The Kier molecular flexibility index (Phi) is 5.87. The second-order valence-electron chi connectivity index (χ2n) is 6.26. The van der Waals surface area contributed by atoms with E-state index < -0.39 is 0 Å². The molecule has 2 aromatic carbocycles. The zero-order valence-corrected chi connectivity index (χ0v) is 16.8. The van der Waals surface area contributed by atoms with E-state index in [0.29, 0.717) is 26.8 Å². The zero-order chi connectivity index (χ0) is 19.6. The molecule has 5 nitrogen and oxygen atoms in total. The Morgan fingerprint density at radius 3 is 2.70 bits per heavy atom. The summed E-state index contributed by atoms with van der Waals surface area (Å²) in [6, 6.07) is 12.5. The van der Waals surface area contributed by atoms with Crippen LogP contribution >= 0.6 is 23.4 Å². The Labute approximate surface area is 166 Å². The summed E-state index contributed by atoms with van der Waals surface area (Å²) >= 11 is 7.42. The normalized spacial score (nSPS) is 11.1. The Morgan fingerprint density at radius 1 is 1.22 bits per heavy atom. The number of thioether (sulfide) groups is 1. The van der Waals surface area contributed by atoms with Crippen molar-refractivity contribution in [3.05, 3.63) is 63.4 Å². The molecule has 0 saturated heterocycles. The number of fused-ring (bicyclic) bond motifs is 1. The SMILES string of the molecule is Cc1c(Cl)cccc1-n1c(SCC(=O)OC(C)C)nc2ccccc2c1=O. The van der Waals surface area contributed by atoms with Crippen molar-refractivity contribution in [2.45, 2.75) is 32.0 Å². The minimum Gasteiger partial charge on any atom is -0.462 e. The molecule has 0 atom stereocenters. The van der Waals surface area contributed by atoms with Crippen molar-refractivity contribution in [1.29, 1.82) is 0 Å². The molecule has 0 spiro atoms. The van der Waals surface area contributed by atoms with Gasteiger partial charge in [0.25, 0.3) is 5.56 Å². The number of aromatic nitrogens is 2. The summed E-state index contributed by atoms with van der Waals surface area (Å²) in [6.45, 7) is 5.44. The van der Waals surface area contributed by atoms with Crippen LogP contribution in [0.1, 0.15) is 19.4 Å². The summed E-state index contributed by atoms with van der Waals surface area (Å²) < 4.78 is 6.69. The lowest BCUT2D eigenvalue weighted by atomic mass is 10.2. The van der Waals surface area contributed by atoms with Crippen molar-refractivity contribution in [2.24, 2.45) is 0 Å². The van der Waals surface area contributed by atoms with E-state index in [2.05, 4.69) is 4.98 Å². The van der Waals surface area contributed by atoms with E-state index >= 15 is 0 Å². The van der Waals surface area contributed by atoms with Crippen molar-refractivity contribution in [3.63, 3.8) is 0 Å². The summed E-state index contributed by atoms with van der Waals surface area (Å²) in [5, 5.41) is 1.48. The molecular formula is C20H19ClN2O3S. The molecule has 27 heavy (non-hydrogen) atoms. The Hall–Kier alpha value is -2.31. The summed E-state index contributed by atoms with van der Waals surface area (Å²) in [6.07, 6.45) is -0.194. The van der Waals surface area contributed by atoms with Crippen LogP contribution in [-0.4, -0.2) is 27.4 Å². The van der Waals surface area contributed by atoms with Crippen LogP contribution < -0.4 is 5.56 Å². The van der Waals surface area contributed by atoms with Crippen molar-refractivity contribution < 1.29 is 9.53 Å². The highest BCUT2D eigenvalue weighted by atomic mass is 35.5. The van der Waals surface area contributed by atoms with Gasteiger partial charge in [-0.1, -0.05) is 41.6 Å². The molecule has 7 heteroatoms. The van der Waals surface area contributed by atoms with Gasteiger partial charge in [0.15, 0.2) is 5.16 Å². The third-order valence-corrected chi connectivity index (χ3v) is 5.23. The first kappa shape index (κ1) is 19.5. The smallest absolute Gasteiger partial charge is 0.316 e. The average Bonchev–Trinajstić information content (AvgIpc) is 2.62. The van der Waals surface area contributed by atoms with Crippen LogP contribution in [0.25, 0.3) is 16.6 Å². The molecule has 140 valence electrons. The fourth-order valence-electron chi connectivity index (χ4n) is 2.68. The maximum Gasteiger partial charge on any atom is 0.316 e. The van der Waals surface area contributed by atoms with Gasteiger partial charge < -0.3 is 4.74 Å². The maximum atomic E-state index is 13.2. The predicted molar refractivity (Wildman–Crippen MR) is 109 cm³/mol. The summed E-state index contributed by atoms with van der Waals surface area (Å²) in [7, 11) is 0. The van der Waals surface area contributed by atoms with E-state index in [-0.39, 0.29) is 23.4 Å². The van der Waals surface area contributed by atoms with Crippen LogP contribution in [0.5, 0.6) is 0 Å². The third-order valence-electron chi connectivity index (χ3n) is 3.91. The van der Waals surface area contributed by atoms with E-state index in [1.54, 1.807) is 44.2 Å². The van der Waals surface area contributed by atoms with E-state index in [9.17, 15) is 9.59 Å². The third kappa shape index (κ3) is 4.17. The fourth-order valence-corrected chi connectivity index (χ4v) is 3.64. The van der Waals surface area contributed by atoms with Crippen LogP contribution in [0.15, 0.2) is 52.4 Å². The van der Waals surface area contributed by atoms with Crippen LogP contribution in [0.2, 0.25) is 5.02 Å². The van der Waals surface area contributed by atoms with Gasteiger partial charge in [0, 0.05) is 5.02 Å². The lowest BCUT2D eigenvalue weighted by Crippen LogP contribution is -2.23. The number of ether oxygens (including phenoxy) is 1. The standard InChI is InChI=1S/C20H19ClN2O3S/c1-12(2)26-18(24)11-27-20-22-16-9-5-4-7-14(16)19(25)23(20)17-10-6-8-15(21)13(17)3/h4-10,12H,11H2,1-3H3. The molecule has 0 aliphatic rings. The molecule has 0 N–H and O–H groups in total. The summed E-state index contributed by atoms with van der Waals surface area (Å²) in [4.78, 5) is 29.8. The highest BCUT2D eigenvalue weighted by molar-refractivity contribution is 7.99. The lowest BCUT2D eigenvalue weighted by Gasteiger charge is -2.16. The number of benzene rings is 2. The van der Waals surface area contributed by atoms with Gasteiger partial charge in [0.1, 0.15) is 0 Å². The van der Waals surface area contributed by atoms with Crippen LogP contribution in [0.3, 0.4) is 0 Å². The van der Waals surface area contributed by atoms with Gasteiger partial charge in [-0.15, -0.1) is 0 Å². The number of hydrogen-bond acceptors (Lipinski definition) is 5. The minimum absolute atomic E-state index is 0.0581. The molecule has 0 bridgehead atoms. The largest absolute Gasteiger partial charge is 0.462 e. The number of hydrogen-bond donors (Lipinski definition) is 0. The first-order valence-electron chi connectivity index (χ1n) is 8.48. The Morgan fingerprint density at radius 2 is 1.96 bits per heavy atom. The van der Waals surface area contributed by atoms with Gasteiger partial charge in [0.05, 0.1) is 28.4 Å². The first-order chi connectivity index (χ1) is 12.9. The molecule has 1 heterocycles. The van der Waals surface area contributed by atoms with Crippen LogP contribution in [0.4, 0.5) is 0 Å². The topological polar surface area (TPSA) is 61.2 Å². The molecule has 3 aromatic rings. The van der Waals surface area contributed by atoms with E-state index in [1.807, 2.05) is 19.1 Å². The van der Waals surface area contributed by atoms with E-state index in [1.165, 1.54) is 16.3 Å². The highest BCUT2D eigenvalue weighted by Crippen LogP contribution is 2.26. The predicted octanol–water partition coefficient (Wildman–Crippen LogP) is 4.39. The number of nitrogens with zero attached hydrogens (tertiary/aromatic N) is 2. The van der Waals surface area contributed by atoms with Crippen LogP contribution in [0, 0.1) is 6.92 Å². The first-order valence-corrected chi connectivity index (χ1v) is 9.84. The number of esters is 1. The van der Waals surface area contributed by atoms with E-state index in [0.717, 1.165) is 5.56 Å². The minimum atomic E-state index is -0.355. The van der Waals surface area contributed by atoms with Crippen molar-refractivity contribution in [2.75, 3.05) is 5.75 Å². The molecule has 0 aliphatic heterocycles. The molecule has 3 rings (SSSR count). The fraction of sp³-hybridized carbons (Fsp3) is 0.250. The number of para-hydroxylation sites is 1. The number of carbonyl (C=O) groups excluding carboxylic acids is 1. The maximum absolute atomic E-state index is 13.2. The van der Waals surface area contributed by atoms with Gasteiger partial charge >= 0.3 is 5.97 Å². The monoisotopic (exact) mass is 402 g/mol. The molecule has 0 aliphatic carbocycles. The Balaban J connectivity index is 2.14. The lowest BCUT2D eigenvalue weighted by molar-refractivity contribution is -0.144. The van der Waals surface area contributed by atoms with E-state index in [4.69, 9.17) is 16.3 Å². The van der Waals surface area contributed by atoms with Gasteiger partial charge in [-0.3, -0.25) is 14.2 Å².